The predicted octanol–water partition coefficient (Wildman–Crippen LogP) is 2.20. The van der Waals surface area contributed by atoms with Crippen LogP contribution in [0.25, 0.3) is 0 Å². The van der Waals surface area contributed by atoms with Gasteiger partial charge < -0.3 is 24.8 Å². The Morgan fingerprint density at radius 1 is 1.06 bits per heavy atom. The van der Waals surface area contributed by atoms with Crippen molar-refractivity contribution in [1.29, 1.82) is 0 Å². The lowest BCUT2D eigenvalue weighted by Gasteiger charge is -2.28. The number of anilines is 2. The van der Waals surface area contributed by atoms with Crippen LogP contribution in [-0.2, 0) is 18.3 Å². The topological polar surface area (TPSA) is 101 Å². The van der Waals surface area contributed by atoms with Gasteiger partial charge in [-0.05, 0) is 42.0 Å². The van der Waals surface area contributed by atoms with Gasteiger partial charge in [-0.1, -0.05) is 0 Å². The molecule has 0 unspecified atom stereocenters. The van der Waals surface area contributed by atoms with Crippen LogP contribution in [0, 0.1) is 0 Å². The molecule has 0 saturated carbocycles. The lowest BCUT2D eigenvalue weighted by atomic mass is 10.1. The van der Waals surface area contributed by atoms with Gasteiger partial charge in [0, 0.05) is 56.5 Å². The van der Waals surface area contributed by atoms with Crippen LogP contribution in [0.2, 0.25) is 0 Å². The molecule has 1 aromatic carbocycles. The number of imidazole rings is 1. The molecular weight excluding hydrogens is 396 g/mol. The number of ether oxygens (including phenoxy) is 1. The maximum Gasteiger partial charge on any atom is 0.319 e. The van der Waals surface area contributed by atoms with Crippen molar-refractivity contribution in [2.75, 3.05) is 36.5 Å². The quantitative estimate of drug-likeness (QED) is 0.593. The van der Waals surface area contributed by atoms with Gasteiger partial charge in [-0.15, -0.1) is 0 Å². The normalized spacial score (nSPS) is 13.6. The van der Waals surface area contributed by atoms with E-state index in [9.17, 15) is 9.59 Å². The van der Waals surface area contributed by atoms with Crippen LogP contribution < -0.4 is 15.5 Å². The Balaban J connectivity index is 1.31. The average Bonchev–Trinajstić information content (AvgIpc) is 3.24. The molecule has 0 aliphatic carbocycles. The molecule has 0 bridgehead atoms. The minimum Gasteiger partial charge on any atom is -0.378 e. The van der Waals surface area contributed by atoms with Crippen LogP contribution >= 0.6 is 0 Å². The Morgan fingerprint density at radius 3 is 2.55 bits per heavy atom. The molecule has 9 nitrogen and oxygen atoms in total. The van der Waals surface area contributed by atoms with Crippen LogP contribution in [0.15, 0.2) is 55.0 Å². The third-order valence-corrected chi connectivity index (χ3v) is 5.03. The van der Waals surface area contributed by atoms with Crippen LogP contribution in [0.1, 0.15) is 21.7 Å². The van der Waals surface area contributed by atoms with E-state index in [1.165, 1.54) is 0 Å². The number of amides is 2. The molecule has 1 saturated heterocycles. The molecule has 160 valence electrons. The Labute approximate surface area is 180 Å². The second-order valence-electron chi connectivity index (χ2n) is 7.20. The third kappa shape index (κ3) is 5.07. The molecule has 2 N–H and O–H groups in total. The number of aromatic nitrogens is 3. The van der Waals surface area contributed by atoms with Gasteiger partial charge in [0.15, 0.2) is 5.82 Å². The zero-order chi connectivity index (χ0) is 21.6. The highest BCUT2D eigenvalue weighted by molar-refractivity contribution is 6.07. The van der Waals surface area contributed by atoms with Gasteiger partial charge in [-0.3, -0.25) is 4.79 Å². The summed E-state index contributed by atoms with van der Waals surface area (Å²) in [4.78, 5) is 35.4. The first-order valence-corrected chi connectivity index (χ1v) is 10.0. The SMILES string of the molecule is Cn1ccnc1C(=O)c1ccc(NC(=O)NCc2ccnc(N3CCOCC3)c2)cc1. The summed E-state index contributed by atoms with van der Waals surface area (Å²) in [6.45, 7) is 3.38. The molecule has 0 spiro atoms. The third-order valence-electron chi connectivity index (χ3n) is 5.03. The number of morpholine rings is 1. The molecule has 1 fully saturated rings. The minimum atomic E-state index is -0.326. The summed E-state index contributed by atoms with van der Waals surface area (Å²) in [6.07, 6.45) is 5.05. The van der Waals surface area contributed by atoms with Crippen LogP contribution in [0.4, 0.5) is 16.3 Å². The second-order valence-corrected chi connectivity index (χ2v) is 7.20. The zero-order valence-corrected chi connectivity index (χ0v) is 17.2. The molecule has 3 heterocycles. The summed E-state index contributed by atoms with van der Waals surface area (Å²) in [5.41, 5.74) is 2.06. The molecule has 4 rings (SSSR count). The van der Waals surface area contributed by atoms with E-state index in [1.807, 2.05) is 12.1 Å². The number of aryl methyl sites for hydroxylation is 1. The number of hydrogen-bond donors (Lipinski definition) is 2. The summed E-state index contributed by atoms with van der Waals surface area (Å²) in [5.74, 6) is 1.08. The molecule has 31 heavy (non-hydrogen) atoms. The number of rotatable bonds is 6. The van der Waals surface area contributed by atoms with E-state index in [0.717, 1.165) is 24.5 Å². The first-order chi connectivity index (χ1) is 15.1. The predicted molar refractivity (Wildman–Crippen MR) is 116 cm³/mol. The molecule has 0 atom stereocenters. The van der Waals surface area contributed by atoms with Gasteiger partial charge in [0.1, 0.15) is 5.82 Å². The summed E-state index contributed by atoms with van der Waals surface area (Å²) in [7, 11) is 1.77. The Bertz CT molecular complexity index is 1060. The Kier molecular flexibility index (Phi) is 6.23. The minimum absolute atomic E-state index is 0.169. The van der Waals surface area contributed by atoms with Gasteiger partial charge >= 0.3 is 6.03 Å². The van der Waals surface area contributed by atoms with Gasteiger partial charge in [0.05, 0.1) is 13.2 Å². The van der Waals surface area contributed by atoms with E-state index in [-0.39, 0.29) is 11.8 Å². The van der Waals surface area contributed by atoms with Crippen molar-refractivity contribution in [2.45, 2.75) is 6.54 Å². The fourth-order valence-corrected chi connectivity index (χ4v) is 3.31. The summed E-state index contributed by atoms with van der Waals surface area (Å²) in [5, 5.41) is 5.62. The number of carbonyl (C=O) groups is 2. The summed E-state index contributed by atoms with van der Waals surface area (Å²) >= 11 is 0. The largest absolute Gasteiger partial charge is 0.378 e. The Hall–Kier alpha value is -3.72. The molecule has 1 aliphatic heterocycles. The van der Waals surface area contributed by atoms with E-state index >= 15 is 0 Å². The first kappa shape index (κ1) is 20.5. The van der Waals surface area contributed by atoms with Crippen LogP contribution in [-0.4, -0.2) is 52.7 Å². The molecule has 1 aliphatic rings. The highest BCUT2D eigenvalue weighted by atomic mass is 16.5. The monoisotopic (exact) mass is 420 g/mol. The number of ketones is 1. The zero-order valence-electron chi connectivity index (χ0n) is 17.2. The fourth-order valence-electron chi connectivity index (χ4n) is 3.31. The standard InChI is InChI=1S/C22H24N6O3/c1-27-9-8-24-21(27)20(29)17-2-4-18(5-3-17)26-22(30)25-15-16-6-7-23-19(14-16)28-10-12-31-13-11-28/h2-9,14H,10-13,15H2,1H3,(H2,25,26,30). The molecule has 2 amide bonds. The van der Waals surface area contributed by atoms with Crippen molar-refractivity contribution >= 4 is 23.3 Å². The van der Waals surface area contributed by atoms with E-state index in [2.05, 4.69) is 25.5 Å². The van der Waals surface area contributed by atoms with E-state index in [1.54, 1.807) is 54.5 Å². The first-order valence-electron chi connectivity index (χ1n) is 10.0. The molecule has 0 radical (unpaired) electrons. The van der Waals surface area contributed by atoms with Crippen molar-refractivity contribution in [2.24, 2.45) is 7.05 Å². The molecular formula is C22H24N6O3. The van der Waals surface area contributed by atoms with E-state index in [4.69, 9.17) is 4.74 Å². The molecule has 2 aromatic heterocycles. The molecule has 9 heteroatoms. The van der Waals surface area contributed by atoms with E-state index < -0.39 is 0 Å². The lowest BCUT2D eigenvalue weighted by molar-refractivity contribution is 0.102. The number of hydrogen-bond acceptors (Lipinski definition) is 6. The van der Waals surface area contributed by atoms with Crippen LogP contribution in [0.5, 0.6) is 0 Å². The van der Waals surface area contributed by atoms with Gasteiger partial charge in [-0.25, -0.2) is 14.8 Å². The number of pyridine rings is 1. The molecule has 3 aromatic rings. The number of nitrogens with one attached hydrogen (secondary N) is 2. The summed E-state index contributed by atoms with van der Waals surface area (Å²) < 4.78 is 7.05. The highest BCUT2D eigenvalue weighted by Gasteiger charge is 2.14. The van der Waals surface area contributed by atoms with Crippen molar-refractivity contribution in [3.63, 3.8) is 0 Å². The number of urea groups is 1. The number of nitrogens with zero attached hydrogens (tertiary/aromatic N) is 4. The van der Waals surface area contributed by atoms with Crippen molar-refractivity contribution < 1.29 is 14.3 Å². The van der Waals surface area contributed by atoms with Gasteiger partial charge in [0.2, 0.25) is 5.78 Å². The number of benzene rings is 1. The van der Waals surface area contributed by atoms with Crippen molar-refractivity contribution in [3.8, 4) is 0 Å². The highest BCUT2D eigenvalue weighted by Crippen LogP contribution is 2.15. The summed E-state index contributed by atoms with van der Waals surface area (Å²) in [6, 6.07) is 10.3. The van der Waals surface area contributed by atoms with Gasteiger partial charge in [-0.2, -0.15) is 0 Å². The van der Waals surface area contributed by atoms with Crippen LogP contribution in [0.3, 0.4) is 0 Å². The van der Waals surface area contributed by atoms with E-state index in [0.29, 0.717) is 36.8 Å². The maximum atomic E-state index is 12.5. The number of carbonyl (C=O) groups excluding carboxylic acids is 2. The lowest BCUT2D eigenvalue weighted by Crippen LogP contribution is -2.36. The fraction of sp³-hybridized carbons (Fsp3) is 0.273. The maximum absolute atomic E-state index is 12.5. The van der Waals surface area contributed by atoms with Crippen molar-refractivity contribution in [3.05, 3.63) is 71.9 Å². The second kappa shape index (κ2) is 9.40. The smallest absolute Gasteiger partial charge is 0.319 e. The Morgan fingerprint density at radius 2 is 1.84 bits per heavy atom. The van der Waals surface area contributed by atoms with Gasteiger partial charge in [0.25, 0.3) is 0 Å². The van der Waals surface area contributed by atoms with Crippen molar-refractivity contribution in [1.82, 2.24) is 19.9 Å². The average molecular weight is 420 g/mol.